The first-order chi connectivity index (χ1) is 6.16. The zero-order valence-corrected chi connectivity index (χ0v) is 7.53. The van der Waals surface area contributed by atoms with Gasteiger partial charge in [-0.15, -0.1) is 0 Å². The highest BCUT2D eigenvalue weighted by molar-refractivity contribution is 5.40. The number of aliphatic hydroxyl groups is 1. The van der Waals surface area contributed by atoms with Gasteiger partial charge in [0.1, 0.15) is 5.60 Å². The lowest BCUT2D eigenvalue weighted by Gasteiger charge is -2.35. The molecule has 72 valence electrons. The Balaban J connectivity index is 1.96. The summed E-state index contributed by atoms with van der Waals surface area (Å²) in [6.07, 6.45) is 4.58. The SMILES string of the molecule is O=COC12CC3CC1CC(O)(C3)C2. The summed E-state index contributed by atoms with van der Waals surface area (Å²) in [5.74, 6) is 1.03. The molecule has 3 heteroatoms. The van der Waals surface area contributed by atoms with Crippen LogP contribution in [0.4, 0.5) is 0 Å². The third-order valence-corrected chi connectivity index (χ3v) is 4.20. The van der Waals surface area contributed by atoms with Crippen LogP contribution in [0.3, 0.4) is 0 Å². The maximum absolute atomic E-state index is 10.4. The van der Waals surface area contributed by atoms with Crippen molar-refractivity contribution in [3.8, 4) is 0 Å². The molecular formula is C10H14O3. The molecule has 1 N–H and O–H groups in total. The predicted molar refractivity (Wildman–Crippen MR) is 44.9 cm³/mol. The van der Waals surface area contributed by atoms with Gasteiger partial charge in [0.25, 0.3) is 6.47 Å². The Morgan fingerprint density at radius 2 is 2.23 bits per heavy atom. The molecule has 0 aliphatic heterocycles. The van der Waals surface area contributed by atoms with E-state index in [2.05, 4.69) is 0 Å². The molecule has 0 radical (unpaired) electrons. The van der Waals surface area contributed by atoms with Crippen LogP contribution in [-0.2, 0) is 9.53 Å². The van der Waals surface area contributed by atoms with Crippen molar-refractivity contribution in [3.63, 3.8) is 0 Å². The van der Waals surface area contributed by atoms with Crippen LogP contribution in [0.5, 0.6) is 0 Å². The summed E-state index contributed by atoms with van der Waals surface area (Å²) in [6.45, 7) is 0.562. The Bertz CT molecular complexity index is 265. The van der Waals surface area contributed by atoms with Crippen LogP contribution >= 0.6 is 0 Å². The fraction of sp³-hybridized carbons (Fsp3) is 0.900. The second kappa shape index (κ2) is 2.08. The predicted octanol–water partition coefficient (Wildman–Crippen LogP) is 0.853. The molecule has 4 aliphatic rings. The number of rotatable bonds is 2. The summed E-state index contributed by atoms with van der Waals surface area (Å²) in [5, 5.41) is 10.1. The molecule has 0 aromatic heterocycles. The number of hydrogen-bond donors (Lipinski definition) is 1. The van der Waals surface area contributed by atoms with Gasteiger partial charge in [-0.2, -0.15) is 0 Å². The van der Waals surface area contributed by atoms with Gasteiger partial charge in [0.05, 0.1) is 5.60 Å². The standard InChI is InChI=1S/C10H14O3/c11-6-13-10-3-7-1-8(10)4-9(12,2-7)5-10/h6-8,12H,1-5H2. The molecule has 0 aromatic rings. The van der Waals surface area contributed by atoms with Crippen LogP contribution in [0.25, 0.3) is 0 Å². The topological polar surface area (TPSA) is 46.5 Å². The van der Waals surface area contributed by atoms with Crippen molar-refractivity contribution in [3.05, 3.63) is 0 Å². The molecule has 4 atom stereocenters. The fourth-order valence-electron chi connectivity index (χ4n) is 4.06. The van der Waals surface area contributed by atoms with Crippen molar-refractivity contribution in [1.82, 2.24) is 0 Å². The van der Waals surface area contributed by atoms with E-state index in [1.807, 2.05) is 0 Å². The molecule has 4 bridgehead atoms. The summed E-state index contributed by atoms with van der Waals surface area (Å²) >= 11 is 0. The number of hydrogen-bond acceptors (Lipinski definition) is 3. The number of carbonyl (C=O) groups is 1. The van der Waals surface area contributed by atoms with Crippen LogP contribution in [0, 0.1) is 11.8 Å². The van der Waals surface area contributed by atoms with Crippen LogP contribution in [0.2, 0.25) is 0 Å². The average molecular weight is 182 g/mol. The van der Waals surface area contributed by atoms with Gasteiger partial charge in [-0.3, -0.25) is 4.79 Å². The Morgan fingerprint density at radius 1 is 1.38 bits per heavy atom. The second-order valence-corrected chi connectivity index (χ2v) is 5.09. The lowest BCUT2D eigenvalue weighted by atomic mass is 9.78. The van der Waals surface area contributed by atoms with E-state index in [1.165, 1.54) is 0 Å². The Morgan fingerprint density at radius 3 is 2.92 bits per heavy atom. The molecule has 0 aromatic carbocycles. The summed E-state index contributed by atoms with van der Waals surface area (Å²) in [6, 6.07) is 0. The quantitative estimate of drug-likeness (QED) is 0.644. The van der Waals surface area contributed by atoms with Crippen molar-refractivity contribution < 1.29 is 14.6 Å². The Labute approximate surface area is 77.1 Å². The minimum Gasteiger partial charge on any atom is -0.461 e. The largest absolute Gasteiger partial charge is 0.461 e. The number of carbonyl (C=O) groups excluding carboxylic acids is 1. The van der Waals surface area contributed by atoms with E-state index in [4.69, 9.17) is 4.74 Å². The average Bonchev–Trinajstić information content (AvgIpc) is 2.32. The minimum absolute atomic E-state index is 0.278. The fourth-order valence-corrected chi connectivity index (χ4v) is 4.06. The van der Waals surface area contributed by atoms with Crippen molar-refractivity contribution >= 4 is 6.47 Å². The molecule has 13 heavy (non-hydrogen) atoms. The summed E-state index contributed by atoms with van der Waals surface area (Å²) in [4.78, 5) is 10.4. The first-order valence-electron chi connectivity index (χ1n) is 5.00. The van der Waals surface area contributed by atoms with E-state index in [0.29, 0.717) is 24.7 Å². The van der Waals surface area contributed by atoms with E-state index in [9.17, 15) is 9.90 Å². The summed E-state index contributed by atoms with van der Waals surface area (Å²) in [7, 11) is 0. The molecule has 0 saturated heterocycles. The highest BCUT2D eigenvalue weighted by atomic mass is 16.5. The van der Waals surface area contributed by atoms with Gasteiger partial charge in [-0.25, -0.2) is 0 Å². The van der Waals surface area contributed by atoms with Crippen molar-refractivity contribution in [2.75, 3.05) is 0 Å². The van der Waals surface area contributed by atoms with Gasteiger partial charge in [0, 0.05) is 12.3 Å². The molecule has 4 rings (SSSR count). The summed E-state index contributed by atoms with van der Waals surface area (Å²) < 4.78 is 5.24. The molecule has 0 amide bonds. The highest BCUT2D eigenvalue weighted by Crippen LogP contribution is 2.63. The van der Waals surface area contributed by atoms with Crippen molar-refractivity contribution in [2.45, 2.75) is 43.3 Å². The Kier molecular flexibility index (Phi) is 1.25. The highest BCUT2D eigenvalue weighted by Gasteiger charge is 2.65. The van der Waals surface area contributed by atoms with Gasteiger partial charge in [-0.1, -0.05) is 0 Å². The zero-order valence-electron chi connectivity index (χ0n) is 7.53. The maximum Gasteiger partial charge on any atom is 0.293 e. The smallest absolute Gasteiger partial charge is 0.293 e. The van der Waals surface area contributed by atoms with Crippen molar-refractivity contribution in [2.24, 2.45) is 11.8 Å². The zero-order chi connectivity index (χ0) is 9.10. The minimum atomic E-state index is -0.505. The molecule has 4 unspecified atom stereocenters. The number of ether oxygens (including phenoxy) is 1. The van der Waals surface area contributed by atoms with E-state index in [-0.39, 0.29) is 5.60 Å². The molecule has 0 spiro atoms. The van der Waals surface area contributed by atoms with E-state index in [1.54, 1.807) is 0 Å². The van der Waals surface area contributed by atoms with Crippen molar-refractivity contribution in [1.29, 1.82) is 0 Å². The lowest BCUT2D eigenvalue weighted by molar-refractivity contribution is -0.149. The van der Waals surface area contributed by atoms with E-state index < -0.39 is 5.60 Å². The first kappa shape index (κ1) is 7.80. The molecular weight excluding hydrogens is 168 g/mol. The van der Waals surface area contributed by atoms with E-state index >= 15 is 0 Å². The Hall–Kier alpha value is -0.570. The summed E-state index contributed by atoms with van der Waals surface area (Å²) in [5.41, 5.74) is -0.783. The molecule has 4 fully saturated rings. The van der Waals surface area contributed by atoms with Gasteiger partial charge < -0.3 is 9.84 Å². The lowest BCUT2D eigenvalue weighted by Crippen LogP contribution is -2.39. The molecule has 3 nitrogen and oxygen atoms in total. The molecule has 0 heterocycles. The van der Waals surface area contributed by atoms with Crippen LogP contribution in [0.15, 0.2) is 0 Å². The van der Waals surface area contributed by atoms with E-state index in [0.717, 1.165) is 25.7 Å². The van der Waals surface area contributed by atoms with Crippen LogP contribution in [0.1, 0.15) is 32.1 Å². The normalized spacial score (nSPS) is 57.0. The third kappa shape index (κ3) is 0.857. The second-order valence-electron chi connectivity index (χ2n) is 5.09. The maximum atomic E-state index is 10.4. The van der Waals surface area contributed by atoms with Gasteiger partial charge >= 0.3 is 0 Å². The molecule has 4 aliphatic carbocycles. The van der Waals surface area contributed by atoms with Gasteiger partial charge in [0.2, 0.25) is 0 Å². The first-order valence-corrected chi connectivity index (χ1v) is 5.00. The monoisotopic (exact) mass is 182 g/mol. The van der Waals surface area contributed by atoms with Gasteiger partial charge in [0.15, 0.2) is 0 Å². The van der Waals surface area contributed by atoms with Crippen LogP contribution in [-0.4, -0.2) is 22.8 Å². The third-order valence-electron chi connectivity index (χ3n) is 4.20. The molecule has 4 saturated carbocycles. The van der Waals surface area contributed by atoms with Gasteiger partial charge in [-0.05, 0) is 31.6 Å². The van der Waals surface area contributed by atoms with Crippen LogP contribution < -0.4 is 0 Å².